The molecule has 2 rings (SSSR count). The van der Waals surface area contributed by atoms with Gasteiger partial charge in [-0.25, -0.2) is 0 Å². The van der Waals surface area contributed by atoms with Crippen LogP contribution in [0.1, 0.15) is 43.7 Å². The van der Waals surface area contributed by atoms with Crippen LogP contribution < -0.4 is 15.4 Å². The minimum absolute atomic E-state index is 0.108. The van der Waals surface area contributed by atoms with Crippen LogP contribution in [-0.4, -0.2) is 42.8 Å². The molecule has 0 spiro atoms. The standard InChI is InChI=1S/C18H29ClN2O2/c1-12(2)23-18-9-16(14-4-6-20-7-5-14)13(3)8-17(18)21-11-15(22)10-19/h8-9,12,14-15,20-22H,4-7,10-11H2,1-3H3. The van der Waals surface area contributed by atoms with Crippen LogP contribution in [0.2, 0.25) is 0 Å². The number of piperidine rings is 1. The normalized spacial score (nSPS) is 17.3. The molecule has 0 radical (unpaired) electrons. The van der Waals surface area contributed by atoms with Crippen molar-refractivity contribution < 1.29 is 9.84 Å². The molecule has 130 valence electrons. The molecular weight excluding hydrogens is 312 g/mol. The summed E-state index contributed by atoms with van der Waals surface area (Å²) in [6.07, 6.45) is 1.88. The van der Waals surface area contributed by atoms with Gasteiger partial charge in [-0.15, -0.1) is 11.6 Å². The van der Waals surface area contributed by atoms with Gasteiger partial charge in [-0.05, 0) is 75.9 Å². The van der Waals surface area contributed by atoms with Gasteiger partial charge in [-0.3, -0.25) is 0 Å². The van der Waals surface area contributed by atoms with Crippen molar-refractivity contribution in [1.82, 2.24) is 5.32 Å². The first-order valence-corrected chi connectivity index (χ1v) is 9.04. The van der Waals surface area contributed by atoms with Crippen molar-refractivity contribution in [3.63, 3.8) is 0 Å². The Bertz CT molecular complexity index is 502. The lowest BCUT2D eigenvalue weighted by Gasteiger charge is -2.26. The van der Waals surface area contributed by atoms with Gasteiger partial charge in [0.15, 0.2) is 0 Å². The summed E-state index contributed by atoms with van der Waals surface area (Å²) in [6, 6.07) is 4.32. The number of aliphatic hydroxyl groups is 1. The number of ether oxygens (including phenoxy) is 1. The van der Waals surface area contributed by atoms with E-state index in [-0.39, 0.29) is 12.0 Å². The van der Waals surface area contributed by atoms with E-state index in [0.717, 1.165) is 24.5 Å². The Balaban J connectivity index is 2.24. The van der Waals surface area contributed by atoms with Crippen molar-refractivity contribution in [2.75, 3.05) is 30.8 Å². The van der Waals surface area contributed by atoms with Gasteiger partial charge in [0.25, 0.3) is 0 Å². The summed E-state index contributed by atoms with van der Waals surface area (Å²) in [4.78, 5) is 0. The Labute approximate surface area is 144 Å². The largest absolute Gasteiger partial charge is 0.489 e. The molecule has 4 nitrogen and oxygen atoms in total. The third-order valence-electron chi connectivity index (χ3n) is 4.22. The lowest BCUT2D eigenvalue weighted by Crippen LogP contribution is -2.27. The number of halogens is 1. The number of hydrogen-bond donors (Lipinski definition) is 3. The van der Waals surface area contributed by atoms with Gasteiger partial charge in [0.05, 0.1) is 23.8 Å². The molecule has 0 aromatic heterocycles. The van der Waals surface area contributed by atoms with Crippen molar-refractivity contribution in [2.24, 2.45) is 0 Å². The van der Waals surface area contributed by atoms with E-state index in [4.69, 9.17) is 16.3 Å². The van der Waals surface area contributed by atoms with Crippen molar-refractivity contribution in [3.05, 3.63) is 23.3 Å². The molecule has 1 unspecified atom stereocenters. The Morgan fingerprint density at radius 2 is 2.04 bits per heavy atom. The molecule has 0 amide bonds. The third-order valence-corrected chi connectivity index (χ3v) is 4.57. The van der Waals surface area contributed by atoms with Crippen molar-refractivity contribution in [2.45, 2.75) is 51.7 Å². The third kappa shape index (κ3) is 5.27. The monoisotopic (exact) mass is 340 g/mol. The summed E-state index contributed by atoms with van der Waals surface area (Å²) in [5.41, 5.74) is 3.58. The highest BCUT2D eigenvalue weighted by Crippen LogP contribution is 2.36. The highest BCUT2D eigenvalue weighted by atomic mass is 35.5. The van der Waals surface area contributed by atoms with Crippen LogP contribution in [0, 0.1) is 6.92 Å². The molecule has 0 saturated carbocycles. The summed E-state index contributed by atoms with van der Waals surface area (Å²) in [5.74, 6) is 1.67. The first-order chi connectivity index (χ1) is 11.0. The van der Waals surface area contributed by atoms with Gasteiger partial charge in [-0.2, -0.15) is 0 Å². The van der Waals surface area contributed by atoms with Gasteiger partial charge in [0, 0.05) is 6.54 Å². The Morgan fingerprint density at radius 3 is 2.65 bits per heavy atom. The highest BCUT2D eigenvalue weighted by molar-refractivity contribution is 6.18. The van der Waals surface area contributed by atoms with Gasteiger partial charge < -0.3 is 20.5 Å². The predicted octanol–water partition coefficient (Wildman–Crippen LogP) is 3.26. The number of nitrogens with one attached hydrogen (secondary N) is 2. The number of alkyl halides is 1. The summed E-state index contributed by atoms with van der Waals surface area (Å²) < 4.78 is 6.01. The van der Waals surface area contributed by atoms with Gasteiger partial charge in [0.1, 0.15) is 5.75 Å². The number of aryl methyl sites for hydroxylation is 1. The fourth-order valence-electron chi connectivity index (χ4n) is 3.05. The Kier molecular flexibility index (Phi) is 7.00. The van der Waals surface area contributed by atoms with E-state index in [2.05, 4.69) is 29.7 Å². The Hall–Kier alpha value is -0.970. The van der Waals surface area contributed by atoms with Crippen LogP contribution in [0.4, 0.5) is 5.69 Å². The van der Waals surface area contributed by atoms with Crippen LogP contribution in [-0.2, 0) is 0 Å². The second kappa shape index (κ2) is 8.76. The van der Waals surface area contributed by atoms with E-state index < -0.39 is 6.10 Å². The maximum atomic E-state index is 9.68. The molecule has 1 fully saturated rings. The van der Waals surface area contributed by atoms with Crippen molar-refractivity contribution in [1.29, 1.82) is 0 Å². The zero-order valence-electron chi connectivity index (χ0n) is 14.4. The van der Waals surface area contributed by atoms with Gasteiger partial charge in [-0.1, -0.05) is 0 Å². The minimum atomic E-state index is -0.562. The smallest absolute Gasteiger partial charge is 0.143 e. The van der Waals surface area contributed by atoms with Gasteiger partial charge in [0.2, 0.25) is 0 Å². The topological polar surface area (TPSA) is 53.5 Å². The molecule has 0 bridgehead atoms. The van der Waals surface area contributed by atoms with Crippen molar-refractivity contribution in [3.8, 4) is 5.75 Å². The number of rotatable bonds is 7. The molecular formula is C18H29ClN2O2. The molecule has 3 N–H and O–H groups in total. The van der Waals surface area contributed by atoms with E-state index in [1.165, 1.54) is 24.0 Å². The molecule has 0 aliphatic carbocycles. The number of hydrogen-bond acceptors (Lipinski definition) is 4. The molecule has 23 heavy (non-hydrogen) atoms. The van der Waals surface area contributed by atoms with E-state index in [1.54, 1.807) is 0 Å². The van der Waals surface area contributed by atoms with Gasteiger partial charge >= 0.3 is 0 Å². The van der Waals surface area contributed by atoms with E-state index in [9.17, 15) is 5.11 Å². The highest BCUT2D eigenvalue weighted by Gasteiger charge is 2.20. The summed E-state index contributed by atoms with van der Waals surface area (Å²) in [5, 5.41) is 16.4. The number of benzene rings is 1. The summed E-state index contributed by atoms with van der Waals surface area (Å²) in [6.45, 7) is 8.78. The second-order valence-corrected chi connectivity index (χ2v) is 6.89. The lowest BCUT2D eigenvalue weighted by atomic mass is 9.87. The first-order valence-electron chi connectivity index (χ1n) is 8.51. The summed E-state index contributed by atoms with van der Waals surface area (Å²) >= 11 is 5.67. The molecule has 1 atom stereocenters. The quantitative estimate of drug-likeness (QED) is 0.667. The molecule has 5 heteroatoms. The average molecular weight is 341 g/mol. The fraction of sp³-hybridized carbons (Fsp3) is 0.667. The average Bonchev–Trinajstić information content (AvgIpc) is 2.54. The van der Waals surface area contributed by atoms with Crippen LogP contribution >= 0.6 is 11.6 Å². The first kappa shape index (κ1) is 18.4. The number of aliphatic hydroxyl groups excluding tert-OH is 1. The van der Waals surface area contributed by atoms with Crippen LogP contribution in [0.15, 0.2) is 12.1 Å². The molecule has 1 saturated heterocycles. The zero-order chi connectivity index (χ0) is 16.8. The minimum Gasteiger partial charge on any atom is -0.489 e. The fourth-order valence-corrected chi connectivity index (χ4v) is 3.16. The molecule has 1 aliphatic rings. The Morgan fingerprint density at radius 1 is 1.35 bits per heavy atom. The second-order valence-electron chi connectivity index (χ2n) is 6.58. The van der Waals surface area contributed by atoms with Crippen molar-refractivity contribution >= 4 is 17.3 Å². The zero-order valence-corrected chi connectivity index (χ0v) is 15.1. The van der Waals surface area contributed by atoms with E-state index in [0.29, 0.717) is 12.5 Å². The molecule has 1 aromatic carbocycles. The number of anilines is 1. The van der Waals surface area contributed by atoms with E-state index >= 15 is 0 Å². The van der Waals surface area contributed by atoms with E-state index in [1.807, 2.05) is 13.8 Å². The SMILES string of the molecule is Cc1cc(NCC(O)CCl)c(OC(C)C)cc1C1CCNCC1. The maximum Gasteiger partial charge on any atom is 0.143 e. The summed E-state index contributed by atoms with van der Waals surface area (Å²) in [7, 11) is 0. The molecule has 1 heterocycles. The molecule has 1 aliphatic heterocycles. The van der Waals surface area contributed by atoms with Crippen LogP contribution in [0.3, 0.4) is 0 Å². The van der Waals surface area contributed by atoms with Crippen LogP contribution in [0.25, 0.3) is 0 Å². The maximum absolute atomic E-state index is 9.68. The lowest BCUT2D eigenvalue weighted by molar-refractivity contribution is 0.211. The molecule has 1 aromatic rings. The predicted molar refractivity (Wildman–Crippen MR) is 97.0 cm³/mol. The van der Waals surface area contributed by atoms with Crippen LogP contribution in [0.5, 0.6) is 5.75 Å².